The third kappa shape index (κ3) is 1.76. The number of hydrogen-bond donors (Lipinski definition) is 0. The van der Waals surface area contributed by atoms with E-state index < -0.39 is 0 Å². The van der Waals surface area contributed by atoms with Gasteiger partial charge in [-0.2, -0.15) is 0 Å². The Kier molecular flexibility index (Phi) is 2.60. The van der Waals surface area contributed by atoms with Crippen LogP contribution in [0.5, 0.6) is 0 Å². The number of carbonyl (C=O) groups excluding carboxylic acids is 1. The maximum atomic E-state index is 13.1. The molecule has 1 aromatic carbocycles. The highest BCUT2D eigenvalue weighted by Gasteiger charge is 2.11. The van der Waals surface area contributed by atoms with Gasteiger partial charge in [0.15, 0.2) is 12.0 Å². The molecule has 16 heavy (non-hydrogen) atoms. The molecule has 2 rings (SSSR count). The van der Waals surface area contributed by atoms with Gasteiger partial charge in [0.05, 0.1) is 0 Å². The second-order valence-corrected chi connectivity index (χ2v) is 3.73. The van der Waals surface area contributed by atoms with Crippen LogP contribution in [0.4, 0.5) is 4.39 Å². The average molecular weight is 218 g/mol. The normalized spacial score (nSPS) is 10.4. The van der Waals surface area contributed by atoms with Crippen molar-refractivity contribution in [1.82, 2.24) is 0 Å². The Morgan fingerprint density at radius 2 is 1.81 bits per heavy atom. The first-order valence-electron chi connectivity index (χ1n) is 4.94. The van der Waals surface area contributed by atoms with Gasteiger partial charge in [0.2, 0.25) is 0 Å². The predicted molar refractivity (Wildman–Crippen MR) is 59.0 cm³/mol. The Morgan fingerprint density at radius 1 is 1.19 bits per heavy atom. The molecule has 0 saturated carbocycles. The Balaban J connectivity index is 2.59. The Morgan fingerprint density at radius 3 is 2.31 bits per heavy atom. The molecule has 3 heteroatoms. The number of aryl methyl sites for hydroxylation is 2. The molecule has 0 spiro atoms. The zero-order valence-corrected chi connectivity index (χ0v) is 9.08. The lowest BCUT2D eigenvalue weighted by molar-refractivity contribution is 0.110. The van der Waals surface area contributed by atoms with Crippen molar-refractivity contribution >= 4 is 6.29 Å². The molecule has 1 heterocycles. The van der Waals surface area contributed by atoms with E-state index in [2.05, 4.69) is 0 Å². The van der Waals surface area contributed by atoms with Crippen LogP contribution in [0.2, 0.25) is 0 Å². The predicted octanol–water partition coefficient (Wildman–Crippen LogP) is 3.52. The molecule has 1 aromatic heterocycles. The number of furan rings is 1. The lowest BCUT2D eigenvalue weighted by Gasteiger charge is -2.06. The van der Waals surface area contributed by atoms with E-state index in [1.165, 1.54) is 12.1 Å². The number of aldehydes is 1. The largest absolute Gasteiger partial charge is 0.453 e. The van der Waals surface area contributed by atoms with Crippen molar-refractivity contribution in [2.75, 3.05) is 0 Å². The smallest absolute Gasteiger partial charge is 0.185 e. The minimum Gasteiger partial charge on any atom is -0.453 e. The van der Waals surface area contributed by atoms with E-state index >= 15 is 0 Å². The standard InChI is InChI=1S/C13H11FO2/c1-8-5-10(14)6-9(2)13(8)12-4-3-11(7-15)16-12/h3-7H,1-2H3. The molecular weight excluding hydrogens is 207 g/mol. The molecule has 0 radical (unpaired) electrons. The van der Waals surface area contributed by atoms with Gasteiger partial charge in [-0.3, -0.25) is 4.79 Å². The third-order valence-corrected chi connectivity index (χ3v) is 2.49. The van der Waals surface area contributed by atoms with Gasteiger partial charge in [-0.15, -0.1) is 0 Å². The van der Waals surface area contributed by atoms with Gasteiger partial charge < -0.3 is 4.42 Å². The summed E-state index contributed by atoms with van der Waals surface area (Å²) in [6.07, 6.45) is 0.650. The summed E-state index contributed by atoms with van der Waals surface area (Å²) in [7, 11) is 0. The van der Waals surface area contributed by atoms with E-state index in [1.54, 1.807) is 12.1 Å². The highest BCUT2D eigenvalue weighted by Crippen LogP contribution is 2.29. The fourth-order valence-corrected chi connectivity index (χ4v) is 1.85. The van der Waals surface area contributed by atoms with Gasteiger partial charge in [-0.05, 0) is 49.2 Å². The Bertz CT molecular complexity index is 518. The first-order valence-corrected chi connectivity index (χ1v) is 4.94. The molecule has 0 unspecified atom stereocenters. The third-order valence-electron chi connectivity index (χ3n) is 2.49. The first kappa shape index (κ1) is 10.6. The minimum atomic E-state index is -0.263. The van der Waals surface area contributed by atoms with Gasteiger partial charge in [-0.25, -0.2) is 4.39 Å². The molecule has 0 amide bonds. The number of benzene rings is 1. The molecule has 0 N–H and O–H groups in total. The highest BCUT2D eigenvalue weighted by atomic mass is 19.1. The van der Waals surface area contributed by atoms with Crippen LogP contribution in [-0.4, -0.2) is 6.29 Å². The quantitative estimate of drug-likeness (QED) is 0.722. The average Bonchev–Trinajstić information content (AvgIpc) is 2.64. The fraction of sp³-hybridized carbons (Fsp3) is 0.154. The molecule has 0 atom stereocenters. The van der Waals surface area contributed by atoms with Gasteiger partial charge >= 0.3 is 0 Å². The maximum absolute atomic E-state index is 13.1. The van der Waals surface area contributed by atoms with Crippen LogP contribution in [0, 0.1) is 19.7 Å². The molecule has 0 bridgehead atoms. The Hall–Kier alpha value is -1.90. The lowest BCUT2D eigenvalue weighted by Crippen LogP contribution is -1.89. The van der Waals surface area contributed by atoms with Gasteiger partial charge in [-0.1, -0.05) is 0 Å². The monoisotopic (exact) mass is 218 g/mol. The van der Waals surface area contributed by atoms with E-state index in [0.29, 0.717) is 12.0 Å². The van der Waals surface area contributed by atoms with Crippen molar-refractivity contribution in [3.05, 3.63) is 47.0 Å². The number of halogens is 1. The van der Waals surface area contributed by atoms with Crippen LogP contribution in [0.15, 0.2) is 28.7 Å². The van der Waals surface area contributed by atoms with Crippen molar-refractivity contribution in [1.29, 1.82) is 0 Å². The van der Waals surface area contributed by atoms with Crippen LogP contribution in [-0.2, 0) is 0 Å². The molecule has 2 nitrogen and oxygen atoms in total. The van der Waals surface area contributed by atoms with E-state index in [0.717, 1.165) is 16.7 Å². The topological polar surface area (TPSA) is 30.2 Å². The molecule has 0 aliphatic rings. The maximum Gasteiger partial charge on any atom is 0.185 e. The highest BCUT2D eigenvalue weighted by molar-refractivity contribution is 5.74. The zero-order chi connectivity index (χ0) is 11.7. The van der Waals surface area contributed by atoms with Crippen molar-refractivity contribution in [3.8, 4) is 11.3 Å². The summed E-state index contributed by atoms with van der Waals surface area (Å²) in [6, 6.07) is 6.22. The Labute approximate surface area is 92.7 Å². The van der Waals surface area contributed by atoms with Crippen molar-refractivity contribution in [2.24, 2.45) is 0 Å². The summed E-state index contributed by atoms with van der Waals surface area (Å²) in [6.45, 7) is 3.63. The van der Waals surface area contributed by atoms with E-state index in [9.17, 15) is 9.18 Å². The second-order valence-electron chi connectivity index (χ2n) is 3.73. The van der Waals surface area contributed by atoms with Crippen molar-refractivity contribution in [2.45, 2.75) is 13.8 Å². The van der Waals surface area contributed by atoms with Crippen LogP contribution in [0.3, 0.4) is 0 Å². The van der Waals surface area contributed by atoms with E-state index in [1.807, 2.05) is 13.8 Å². The number of hydrogen-bond acceptors (Lipinski definition) is 2. The van der Waals surface area contributed by atoms with Gasteiger partial charge in [0, 0.05) is 5.56 Å². The second kappa shape index (κ2) is 3.93. The molecule has 0 aliphatic carbocycles. The van der Waals surface area contributed by atoms with E-state index in [4.69, 9.17) is 4.42 Å². The van der Waals surface area contributed by atoms with Crippen LogP contribution in [0.1, 0.15) is 21.7 Å². The van der Waals surface area contributed by atoms with Crippen molar-refractivity contribution < 1.29 is 13.6 Å². The zero-order valence-electron chi connectivity index (χ0n) is 9.08. The summed E-state index contributed by atoms with van der Waals surface area (Å²) in [5, 5.41) is 0. The van der Waals surface area contributed by atoms with Gasteiger partial charge in [0.25, 0.3) is 0 Å². The van der Waals surface area contributed by atoms with E-state index in [-0.39, 0.29) is 11.6 Å². The summed E-state index contributed by atoms with van der Waals surface area (Å²) < 4.78 is 18.4. The molecule has 2 aromatic rings. The van der Waals surface area contributed by atoms with Crippen LogP contribution >= 0.6 is 0 Å². The fourth-order valence-electron chi connectivity index (χ4n) is 1.85. The summed E-state index contributed by atoms with van der Waals surface area (Å²) in [5.74, 6) is 0.608. The number of carbonyl (C=O) groups is 1. The lowest BCUT2D eigenvalue weighted by atomic mass is 10.0. The minimum absolute atomic E-state index is 0.263. The van der Waals surface area contributed by atoms with Crippen molar-refractivity contribution in [3.63, 3.8) is 0 Å². The number of rotatable bonds is 2. The summed E-state index contributed by atoms with van der Waals surface area (Å²) in [4.78, 5) is 10.5. The van der Waals surface area contributed by atoms with Crippen LogP contribution < -0.4 is 0 Å². The molecular formula is C13H11FO2. The SMILES string of the molecule is Cc1cc(F)cc(C)c1-c1ccc(C=O)o1. The molecule has 0 fully saturated rings. The molecule has 82 valence electrons. The summed E-state index contributed by atoms with van der Waals surface area (Å²) in [5.41, 5.74) is 2.43. The van der Waals surface area contributed by atoms with Gasteiger partial charge in [0.1, 0.15) is 11.6 Å². The first-order chi connectivity index (χ1) is 7.61. The summed E-state index contributed by atoms with van der Waals surface area (Å²) >= 11 is 0. The molecule has 0 aliphatic heterocycles. The molecule has 0 saturated heterocycles. The van der Waals surface area contributed by atoms with Crippen LogP contribution in [0.25, 0.3) is 11.3 Å².